The van der Waals surface area contributed by atoms with Crippen molar-refractivity contribution >= 4 is 39.5 Å². The van der Waals surface area contributed by atoms with Gasteiger partial charge >= 0.3 is 6.01 Å². The van der Waals surface area contributed by atoms with E-state index in [0.29, 0.717) is 40.7 Å². The number of nitrogens with zero attached hydrogens (tertiary/aromatic N) is 8. The van der Waals surface area contributed by atoms with Crippen molar-refractivity contribution in [2.45, 2.75) is 43.4 Å². The lowest BCUT2D eigenvalue weighted by atomic mass is 9.94. The largest absolute Gasteiger partial charge is 0.461 e. The molecule has 272 valence electrons. The number of halogens is 3. The number of benzene rings is 3. The highest BCUT2D eigenvalue weighted by Crippen LogP contribution is 2.41. The van der Waals surface area contributed by atoms with Gasteiger partial charge in [-0.15, -0.1) is 0 Å². The van der Waals surface area contributed by atoms with Crippen LogP contribution in [0.1, 0.15) is 36.9 Å². The van der Waals surface area contributed by atoms with E-state index >= 15 is 8.78 Å². The van der Waals surface area contributed by atoms with Gasteiger partial charge in [0.25, 0.3) is 5.91 Å². The van der Waals surface area contributed by atoms with Crippen LogP contribution in [-0.2, 0) is 4.79 Å². The number of carbonyl (C=O) groups excluding carboxylic acids is 1. The summed E-state index contributed by atoms with van der Waals surface area (Å²) in [4.78, 5) is 32.1. The minimum atomic E-state index is -1.00. The maximum atomic E-state index is 17.0. The van der Waals surface area contributed by atoms with Crippen LogP contribution in [0.5, 0.6) is 6.01 Å². The van der Waals surface area contributed by atoms with Gasteiger partial charge in [0.05, 0.1) is 41.4 Å². The van der Waals surface area contributed by atoms with Crippen LogP contribution in [0.25, 0.3) is 38.9 Å². The van der Waals surface area contributed by atoms with Crippen molar-refractivity contribution in [3.8, 4) is 29.3 Å². The zero-order valence-corrected chi connectivity index (χ0v) is 29.3. The average Bonchev–Trinajstić information content (AvgIpc) is 3.72. The summed E-state index contributed by atoms with van der Waals surface area (Å²) in [6, 6.07) is 22.6. The molecule has 0 radical (unpaired) electrons. The fourth-order valence-corrected chi connectivity index (χ4v) is 8.33. The number of piperazine rings is 1. The maximum absolute atomic E-state index is 17.0. The van der Waals surface area contributed by atoms with Gasteiger partial charge in [0.1, 0.15) is 24.1 Å². The van der Waals surface area contributed by atoms with Crippen LogP contribution >= 0.6 is 0 Å². The highest BCUT2D eigenvalue weighted by Gasteiger charge is 2.49. The second-order valence-electron chi connectivity index (χ2n) is 14.0. The van der Waals surface area contributed by atoms with E-state index in [0.717, 1.165) is 30.8 Å². The first kappa shape index (κ1) is 35.0. The van der Waals surface area contributed by atoms with Gasteiger partial charge in [-0.3, -0.25) is 14.7 Å². The standard InChI is InChI=1S/C41H35F3N8O2/c42-28-21-41(14-5-17-51(41)23-28)25-54-40-48-37-33(12-11-32(36(37)44)31-10-4-7-26-6-3-8-27(22-46)35(26)31)38(49-40)50-18-19-52(30(24-50)13-15-45)39(53)34(43)20-29-9-1-2-16-47-29/h1-4,6-12,16,20,28,30H,5,13-14,17-19,21,23-25H2/b34-20-/t28-,30+,41+/m1/s1. The topological polar surface area (TPSA) is 122 Å². The molecule has 3 atom stereocenters. The smallest absolute Gasteiger partial charge is 0.319 e. The molecule has 0 saturated carbocycles. The number of ether oxygens (including phenoxy) is 1. The number of hydrogen-bond donors (Lipinski definition) is 0. The second kappa shape index (κ2) is 14.4. The third-order valence-electron chi connectivity index (χ3n) is 10.8. The first-order valence-electron chi connectivity index (χ1n) is 17.9. The lowest BCUT2D eigenvalue weighted by Gasteiger charge is -2.41. The van der Waals surface area contributed by atoms with E-state index in [2.05, 4.69) is 27.0 Å². The monoisotopic (exact) mass is 728 g/mol. The predicted octanol–water partition coefficient (Wildman–Crippen LogP) is 6.75. The predicted molar refractivity (Wildman–Crippen MR) is 197 cm³/mol. The molecule has 2 aromatic heterocycles. The van der Waals surface area contributed by atoms with E-state index in [4.69, 9.17) is 9.72 Å². The molecular weight excluding hydrogens is 693 g/mol. The number of rotatable bonds is 8. The summed E-state index contributed by atoms with van der Waals surface area (Å²) in [7, 11) is 0. The minimum Gasteiger partial charge on any atom is -0.461 e. The van der Waals surface area contributed by atoms with Gasteiger partial charge in [-0.2, -0.15) is 20.5 Å². The summed E-state index contributed by atoms with van der Waals surface area (Å²) in [5.74, 6) is -2.18. The lowest BCUT2D eigenvalue weighted by molar-refractivity contribution is -0.131. The molecule has 5 aromatic rings. The first-order valence-corrected chi connectivity index (χ1v) is 17.9. The molecule has 54 heavy (non-hydrogen) atoms. The summed E-state index contributed by atoms with van der Waals surface area (Å²) in [6.07, 6.45) is 3.49. The number of carbonyl (C=O) groups is 1. The Balaban J connectivity index is 1.19. The van der Waals surface area contributed by atoms with Gasteiger partial charge in [-0.1, -0.05) is 42.5 Å². The van der Waals surface area contributed by atoms with Crippen molar-refractivity contribution in [3.05, 3.63) is 95.8 Å². The highest BCUT2D eigenvalue weighted by atomic mass is 19.1. The number of hydrogen-bond acceptors (Lipinski definition) is 9. The number of nitriles is 2. The first-order chi connectivity index (χ1) is 26.3. The fourth-order valence-electron chi connectivity index (χ4n) is 8.33. The molecule has 0 N–H and O–H groups in total. The van der Waals surface area contributed by atoms with E-state index < -0.39 is 35.3 Å². The van der Waals surface area contributed by atoms with Gasteiger partial charge in [0.2, 0.25) is 0 Å². The molecule has 0 aliphatic carbocycles. The second-order valence-corrected chi connectivity index (χ2v) is 14.0. The Labute approximate surface area is 309 Å². The Hall–Kier alpha value is -6.05. The SMILES string of the molecule is N#CC[C@H]1CN(c2nc(OC[C@@]34CCCN3C[C@H](F)C4)nc3c(F)c(-c4cccc5cccc(C#N)c45)ccc23)CCN1C(=O)/C(F)=C/c1ccccn1. The molecule has 3 saturated heterocycles. The molecule has 3 aliphatic rings. The Bertz CT molecular complexity index is 2370. The number of pyridine rings is 1. The van der Waals surface area contributed by atoms with Crippen molar-refractivity contribution in [1.29, 1.82) is 10.5 Å². The van der Waals surface area contributed by atoms with Gasteiger partial charge in [-0.05, 0) is 54.6 Å². The molecular formula is C41H35F3N8O2. The van der Waals surface area contributed by atoms with Crippen molar-refractivity contribution in [2.24, 2.45) is 0 Å². The van der Waals surface area contributed by atoms with Crippen molar-refractivity contribution in [1.82, 2.24) is 24.8 Å². The number of alkyl halides is 1. The number of aromatic nitrogens is 3. The molecule has 0 unspecified atom stereocenters. The van der Waals surface area contributed by atoms with E-state index in [-0.39, 0.29) is 55.4 Å². The maximum Gasteiger partial charge on any atom is 0.319 e. The Morgan fingerprint density at radius 3 is 2.65 bits per heavy atom. The van der Waals surface area contributed by atoms with Gasteiger partial charge in [-0.25, -0.2) is 13.2 Å². The van der Waals surface area contributed by atoms with Crippen LogP contribution in [0.3, 0.4) is 0 Å². The van der Waals surface area contributed by atoms with Crippen LogP contribution in [0.2, 0.25) is 0 Å². The third kappa shape index (κ3) is 6.35. The normalized spacial score (nSPS) is 21.6. The molecule has 3 aromatic carbocycles. The molecule has 0 spiro atoms. The van der Waals surface area contributed by atoms with Crippen molar-refractivity contribution < 1.29 is 22.7 Å². The van der Waals surface area contributed by atoms with Crippen LogP contribution in [0.15, 0.2) is 78.8 Å². The summed E-state index contributed by atoms with van der Waals surface area (Å²) < 4.78 is 53.2. The number of fused-ring (bicyclic) bond motifs is 3. The van der Waals surface area contributed by atoms with Crippen molar-refractivity contribution in [2.75, 3.05) is 44.2 Å². The van der Waals surface area contributed by atoms with E-state index in [1.165, 1.54) is 11.1 Å². The van der Waals surface area contributed by atoms with E-state index in [9.17, 15) is 19.7 Å². The molecule has 8 rings (SSSR count). The van der Waals surface area contributed by atoms with Gasteiger partial charge < -0.3 is 14.5 Å². The summed E-state index contributed by atoms with van der Waals surface area (Å²) in [5, 5.41) is 21.4. The molecule has 0 bridgehead atoms. The van der Waals surface area contributed by atoms with E-state index in [1.54, 1.807) is 54.6 Å². The van der Waals surface area contributed by atoms with Crippen LogP contribution in [0, 0.1) is 28.5 Å². The summed E-state index contributed by atoms with van der Waals surface area (Å²) >= 11 is 0. The Morgan fingerprint density at radius 2 is 1.85 bits per heavy atom. The average molecular weight is 729 g/mol. The fraction of sp³-hybridized carbons (Fsp3) is 0.317. The molecule has 1 amide bonds. The number of amides is 1. The Kier molecular flexibility index (Phi) is 9.34. The van der Waals surface area contributed by atoms with Crippen LogP contribution in [-0.4, -0.2) is 87.7 Å². The molecule has 3 aliphatic heterocycles. The lowest BCUT2D eigenvalue weighted by Crippen LogP contribution is -2.55. The van der Waals surface area contributed by atoms with Crippen LogP contribution in [0.4, 0.5) is 19.0 Å². The molecule has 13 heteroatoms. The highest BCUT2D eigenvalue weighted by molar-refractivity contribution is 6.03. The zero-order chi connectivity index (χ0) is 37.4. The summed E-state index contributed by atoms with van der Waals surface area (Å²) in [5.41, 5.74) is 0.915. The molecule has 3 fully saturated rings. The van der Waals surface area contributed by atoms with Gasteiger partial charge in [0.15, 0.2) is 11.6 Å². The van der Waals surface area contributed by atoms with Crippen LogP contribution < -0.4 is 9.64 Å². The quantitative estimate of drug-likeness (QED) is 0.160. The zero-order valence-electron chi connectivity index (χ0n) is 29.3. The Morgan fingerprint density at radius 1 is 1.00 bits per heavy atom. The third-order valence-corrected chi connectivity index (χ3v) is 10.8. The molecule has 5 heterocycles. The van der Waals surface area contributed by atoms with E-state index in [1.807, 2.05) is 17.0 Å². The number of anilines is 1. The minimum absolute atomic E-state index is 0.0193. The summed E-state index contributed by atoms with van der Waals surface area (Å²) in [6.45, 7) is 1.57. The van der Waals surface area contributed by atoms with Crippen molar-refractivity contribution in [3.63, 3.8) is 0 Å². The van der Waals surface area contributed by atoms with Gasteiger partial charge in [0, 0.05) is 61.2 Å². The molecule has 10 nitrogen and oxygen atoms in total.